The summed E-state index contributed by atoms with van der Waals surface area (Å²) in [5, 5.41) is 49.9. The third-order valence-electron chi connectivity index (χ3n) is 8.63. The van der Waals surface area contributed by atoms with E-state index >= 15 is 0 Å². The monoisotopic (exact) mass is 540 g/mol. The molecule has 8 N–H and O–H groups in total. The molecular weight excluding hydrogens is 508 g/mol. The standard InChI is InChI=1S/C27H32N4O8/c1-31(2)19-16-9-12-8-11-6-7-17(30-26(38)25(37)29-13-4-3-5-13)20(32)14(11)10-15(12)22(34)27(16,39)23(35)18(21(19)33)24(28)36/h6-7,12-13,16,19,32-34,39H,3-5,8-10H2,1-2H3,(H2,28,36)(H,29,37)(H,30,38)/t12?,16?,19-,27?/m0/s1. The minimum atomic E-state index is -2.50. The normalized spacial score (nSPS) is 28.3. The van der Waals surface area contributed by atoms with Crippen LogP contribution in [0.4, 0.5) is 5.69 Å². The van der Waals surface area contributed by atoms with E-state index in [9.17, 15) is 39.6 Å². The van der Waals surface area contributed by atoms with E-state index in [0.717, 1.165) is 24.8 Å². The number of aliphatic hydroxyl groups is 3. The number of amides is 3. The van der Waals surface area contributed by atoms with E-state index in [1.807, 2.05) is 0 Å². The molecule has 39 heavy (non-hydrogen) atoms. The van der Waals surface area contributed by atoms with Crippen LogP contribution in [-0.2, 0) is 32.0 Å². The van der Waals surface area contributed by atoms with Gasteiger partial charge in [-0.1, -0.05) is 6.07 Å². The molecule has 4 atom stereocenters. The van der Waals surface area contributed by atoms with Gasteiger partial charge in [0.2, 0.25) is 5.78 Å². The van der Waals surface area contributed by atoms with E-state index in [0.29, 0.717) is 17.6 Å². The Labute approximate surface area is 224 Å². The van der Waals surface area contributed by atoms with E-state index in [2.05, 4.69) is 10.6 Å². The number of primary amides is 1. The van der Waals surface area contributed by atoms with Gasteiger partial charge in [0.05, 0.1) is 11.7 Å². The fourth-order valence-corrected chi connectivity index (χ4v) is 6.39. The maximum Gasteiger partial charge on any atom is 0.313 e. The molecule has 5 rings (SSSR count). The SMILES string of the molecule is CN(C)[C@@H]1C(O)=C(C(N)=O)C(=O)C2(O)C(O)=C3Cc4c(ccc(NC(=O)C(=O)NC5CCC5)c4O)CC3CC12. The summed E-state index contributed by atoms with van der Waals surface area (Å²) >= 11 is 0. The van der Waals surface area contributed by atoms with Crippen LogP contribution in [0.15, 0.2) is 34.8 Å². The number of Topliss-reactive ketones (excluding diaryl/α,β-unsaturated/α-hetero) is 1. The molecule has 0 aliphatic heterocycles. The maximum absolute atomic E-state index is 13.3. The molecule has 1 aromatic rings. The third kappa shape index (κ3) is 4.05. The Kier molecular flexibility index (Phi) is 6.42. The fourth-order valence-electron chi connectivity index (χ4n) is 6.39. The Morgan fingerprint density at radius 2 is 1.79 bits per heavy atom. The largest absolute Gasteiger partial charge is 0.510 e. The average Bonchev–Trinajstić information content (AvgIpc) is 2.84. The maximum atomic E-state index is 13.3. The summed E-state index contributed by atoms with van der Waals surface area (Å²) in [6, 6.07) is 2.21. The van der Waals surface area contributed by atoms with E-state index in [1.54, 1.807) is 25.1 Å². The van der Waals surface area contributed by atoms with Gasteiger partial charge in [-0.25, -0.2) is 0 Å². The third-order valence-corrected chi connectivity index (χ3v) is 8.63. The Hall–Kier alpha value is -3.90. The Morgan fingerprint density at radius 1 is 1.10 bits per heavy atom. The minimum absolute atomic E-state index is 0.0127. The van der Waals surface area contributed by atoms with Crippen molar-refractivity contribution in [2.24, 2.45) is 17.6 Å². The van der Waals surface area contributed by atoms with Crippen LogP contribution < -0.4 is 16.4 Å². The van der Waals surface area contributed by atoms with Crippen molar-refractivity contribution < 1.29 is 39.6 Å². The molecule has 4 aliphatic carbocycles. The highest BCUT2D eigenvalue weighted by Crippen LogP contribution is 2.52. The molecule has 0 radical (unpaired) electrons. The molecule has 12 nitrogen and oxygen atoms in total. The molecule has 0 saturated heterocycles. The van der Waals surface area contributed by atoms with Crippen LogP contribution in [0.1, 0.15) is 36.8 Å². The first-order valence-electron chi connectivity index (χ1n) is 12.9. The first-order valence-corrected chi connectivity index (χ1v) is 12.9. The van der Waals surface area contributed by atoms with Gasteiger partial charge in [0.25, 0.3) is 5.91 Å². The number of carbonyl (C=O) groups is 4. The topological polar surface area (TPSA) is 203 Å². The van der Waals surface area contributed by atoms with Crippen LogP contribution in [0.25, 0.3) is 0 Å². The van der Waals surface area contributed by atoms with Gasteiger partial charge in [0.15, 0.2) is 5.60 Å². The predicted octanol–water partition coefficient (Wildman–Crippen LogP) is 0.0876. The highest BCUT2D eigenvalue weighted by molar-refractivity contribution is 6.39. The first-order chi connectivity index (χ1) is 18.4. The zero-order chi connectivity index (χ0) is 28.4. The molecule has 1 saturated carbocycles. The number of phenols is 1. The number of hydrogen-bond donors (Lipinski definition) is 7. The predicted molar refractivity (Wildman–Crippen MR) is 137 cm³/mol. The van der Waals surface area contributed by atoms with Crippen molar-refractivity contribution in [2.75, 3.05) is 19.4 Å². The van der Waals surface area contributed by atoms with Gasteiger partial charge in [0.1, 0.15) is 22.8 Å². The zero-order valence-electron chi connectivity index (χ0n) is 21.7. The number of allylic oxidation sites excluding steroid dienone is 1. The number of nitrogens with two attached hydrogens (primary N) is 1. The number of likely N-dealkylation sites (N-methyl/N-ethyl adjacent to an activating group) is 1. The number of hydrogen-bond acceptors (Lipinski definition) is 9. The fraction of sp³-hybridized carbons (Fsp3) is 0.481. The van der Waals surface area contributed by atoms with Crippen molar-refractivity contribution in [3.63, 3.8) is 0 Å². The lowest BCUT2D eigenvalue weighted by Gasteiger charge is -2.50. The van der Waals surface area contributed by atoms with Gasteiger partial charge in [0, 0.05) is 23.9 Å². The van der Waals surface area contributed by atoms with Crippen LogP contribution in [0.2, 0.25) is 0 Å². The molecule has 4 aliphatic rings. The van der Waals surface area contributed by atoms with Crippen LogP contribution in [0.3, 0.4) is 0 Å². The van der Waals surface area contributed by atoms with Gasteiger partial charge >= 0.3 is 11.8 Å². The van der Waals surface area contributed by atoms with Crippen LogP contribution in [0, 0.1) is 11.8 Å². The van der Waals surface area contributed by atoms with Crippen molar-refractivity contribution in [1.82, 2.24) is 10.2 Å². The summed E-state index contributed by atoms with van der Waals surface area (Å²) in [5.74, 6) is -6.89. The summed E-state index contributed by atoms with van der Waals surface area (Å²) in [7, 11) is 3.23. The molecule has 1 fully saturated rings. The Balaban J connectivity index is 1.49. The van der Waals surface area contributed by atoms with Gasteiger partial charge in [-0.05, 0) is 69.3 Å². The molecule has 12 heteroatoms. The van der Waals surface area contributed by atoms with E-state index in [-0.39, 0.29) is 36.2 Å². The highest BCUT2D eigenvalue weighted by Gasteiger charge is 2.62. The van der Waals surface area contributed by atoms with Crippen LogP contribution in [0.5, 0.6) is 5.75 Å². The number of nitrogens with zero attached hydrogens (tertiary/aromatic N) is 1. The van der Waals surface area contributed by atoms with Crippen molar-refractivity contribution in [1.29, 1.82) is 0 Å². The van der Waals surface area contributed by atoms with Crippen molar-refractivity contribution in [3.8, 4) is 5.75 Å². The van der Waals surface area contributed by atoms with Crippen LogP contribution >= 0.6 is 0 Å². The Morgan fingerprint density at radius 3 is 2.38 bits per heavy atom. The number of anilines is 1. The summed E-state index contributed by atoms with van der Waals surface area (Å²) in [4.78, 5) is 51.5. The van der Waals surface area contributed by atoms with Crippen molar-refractivity contribution in [3.05, 3.63) is 45.9 Å². The molecule has 3 amide bonds. The van der Waals surface area contributed by atoms with E-state index < -0.39 is 58.2 Å². The van der Waals surface area contributed by atoms with E-state index in [1.165, 1.54) is 6.07 Å². The number of ketones is 1. The summed E-state index contributed by atoms with van der Waals surface area (Å²) < 4.78 is 0. The van der Waals surface area contributed by atoms with Crippen LogP contribution in [-0.4, -0.2) is 80.6 Å². The smallest absolute Gasteiger partial charge is 0.313 e. The minimum Gasteiger partial charge on any atom is -0.510 e. The van der Waals surface area contributed by atoms with Gasteiger partial charge < -0.3 is 36.8 Å². The van der Waals surface area contributed by atoms with Gasteiger partial charge in [-0.3, -0.25) is 24.1 Å². The summed E-state index contributed by atoms with van der Waals surface area (Å²) in [6.45, 7) is 0. The molecular formula is C27H32N4O8. The molecule has 3 unspecified atom stereocenters. The van der Waals surface area contributed by atoms with Gasteiger partial charge in [-0.2, -0.15) is 0 Å². The Bertz CT molecular complexity index is 1360. The lowest BCUT2D eigenvalue weighted by Crippen LogP contribution is -2.63. The number of rotatable bonds is 4. The molecule has 0 spiro atoms. The molecule has 208 valence electrons. The second kappa shape index (κ2) is 9.38. The van der Waals surface area contributed by atoms with Crippen molar-refractivity contribution >= 4 is 29.2 Å². The lowest BCUT2D eigenvalue weighted by atomic mass is 9.59. The number of nitrogens with one attached hydrogen (secondary N) is 2. The summed E-state index contributed by atoms with van der Waals surface area (Å²) in [5.41, 5.74) is 3.52. The lowest BCUT2D eigenvalue weighted by molar-refractivity contribution is -0.148. The van der Waals surface area contributed by atoms with Crippen molar-refractivity contribution in [2.45, 2.75) is 56.2 Å². The second-order valence-electron chi connectivity index (χ2n) is 11.1. The summed E-state index contributed by atoms with van der Waals surface area (Å²) in [6.07, 6.45) is 3.09. The van der Waals surface area contributed by atoms with Gasteiger partial charge in [-0.15, -0.1) is 0 Å². The number of aliphatic hydroxyl groups excluding tert-OH is 2. The highest BCUT2D eigenvalue weighted by atomic mass is 16.3. The molecule has 1 aromatic carbocycles. The number of carbonyl (C=O) groups excluding carboxylic acids is 4. The first kappa shape index (κ1) is 26.7. The number of fused-ring (bicyclic) bond motifs is 3. The number of phenolic OH excluding ortho intramolecular Hbond substituents is 1. The number of aromatic hydroxyl groups is 1. The zero-order valence-corrected chi connectivity index (χ0v) is 21.7. The van der Waals surface area contributed by atoms with E-state index in [4.69, 9.17) is 5.73 Å². The number of benzene rings is 1. The molecule has 0 aromatic heterocycles. The molecule has 0 heterocycles. The second-order valence-corrected chi connectivity index (χ2v) is 11.1. The quantitative estimate of drug-likeness (QED) is 0.157. The average molecular weight is 541 g/mol. The molecule has 0 bridgehead atoms.